The molecule has 0 spiro atoms. The Balaban J connectivity index is 2.50. The lowest BCUT2D eigenvalue weighted by Gasteiger charge is -2.11. The summed E-state index contributed by atoms with van der Waals surface area (Å²) in [5, 5.41) is 0. The van der Waals surface area contributed by atoms with E-state index in [9.17, 15) is 35.5 Å². The van der Waals surface area contributed by atoms with Gasteiger partial charge in [0.1, 0.15) is 9.79 Å². The molecule has 0 atom stereocenters. The number of benzene rings is 2. The van der Waals surface area contributed by atoms with E-state index < -0.39 is 53.1 Å². The molecule has 0 saturated heterocycles. The van der Waals surface area contributed by atoms with Crippen molar-refractivity contribution in [2.24, 2.45) is 0 Å². The van der Waals surface area contributed by atoms with Crippen LogP contribution in [0.15, 0.2) is 46.2 Å². The van der Waals surface area contributed by atoms with Crippen LogP contribution in [-0.2, 0) is 25.0 Å². The summed E-state index contributed by atoms with van der Waals surface area (Å²) in [4.78, 5) is 23.1. The lowest BCUT2D eigenvalue weighted by molar-refractivity contribution is 0.0391. The summed E-state index contributed by atoms with van der Waals surface area (Å²) < 4.78 is 69.2. The molecule has 0 saturated carbocycles. The second-order valence-electron chi connectivity index (χ2n) is 5.53. The van der Waals surface area contributed by atoms with E-state index in [0.29, 0.717) is 0 Å². The van der Waals surface area contributed by atoms with Gasteiger partial charge >= 0.3 is 11.9 Å². The zero-order valence-electron chi connectivity index (χ0n) is 14.0. The molecule has 2 aromatic rings. The summed E-state index contributed by atoms with van der Waals surface area (Å²) in [7, 11) is -9.59. The Morgan fingerprint density at radius 2 is 1.07 bits per heavy atom. The standard InChI is InChI=1S/C16H14O9S2/c1-9-5-3-7-11(13(9)26(19,20)21)15(17)25-16(18)12-8-4-6-10(2)14(12)27(22,23)24/h3-8H,1-2H3,(H,19,20,21)(H,22,23,24). The fourth-order valence-electron chi connectivity index (χ4n) is 2.51. The molecule has 0 bridgehead atoms. The third kappa shape index (κ3) is 4.39. The average Bonchev–Trinajstić information content (AvgIpc) is 2.51. The smallest absolute Gasteiger partial charge is 0.347 e. The van der Waals surface area contributed by atoms with Gasteiger partial charge in [0.15, 0.2) is 0 Å². The second-order valence-corrected chi connectivity index (χ2v) is 8.25. The summed E-state index contributed by atoms with van der Waals surface area (Å²) in [6.07, 6.45) is 0. The molecule has 2 rings (SSSR count). The van der Waals surface area contributed by atoms with Gasteiger partial charge in [-0.2, -0.15) is 16.8 Å². The monoisotopic (exact) mass is 414 g/mol. The average molecular weight is 414 g/mol. The summed E-state index contributed by atoms with van der Waals surface area (Å²) >= 11 is 0. The van der Waals surface area contributed by atoms with Gasteiger partial charge in [0.25, 0.3) is 20.2 Å². The zero-order chi connectivity index (χ0) is 20.6. The Morgan fingerprint density at radius 1 is 0.741 bits per heavy atom. The molecule has 9 nitrogen and oxygen atoms in total. The molecule has 0 aliphatic carbocycles. The van der Waals surface area contributed by atoms with Gasteiger partial charge in [-0.15, -0.1) is 0 Å². The van der Waals surface area contributed by atoms with E-state index in [-0.39, 0.29) is 11.1 Å². The van der Waals surface area contributed by atoms with Crippen LogP contribution in [0.5, 0.6) is 0 Å². The third-order valence-corrected chi connectivity index (χ3v) is 5.68. The van der Waals surface area contributed by atoms with Crippen molar-refractivity contribution in [1.82, 2.24) is 0 Å². The van der Waals surface area contributed by atoms with Gasteiger partial charge in [0, 0.05) is 0 Å². The fraction of sp³-hybridized carbons (Fsp3) is 0.125. The number of aryl methyl sites for hydroxylation is 2. The molecule has 0 aliphatic rings. The highest BCUT2D eigenvalue weighted by Gasteiger charge is 2.28. The van der Waals surface area contributed by atoms with Crippen LogP contribution in [0.3, 0.4) is 0 Å². The Bertz CT molecular complexity index is 1050. The number of rotatable bonds is 4. The molecule has 0 aliphatic heterocycles. The number of carbonyl (C=O) groups excluding carboxylic acids is 2. The van der Waals surface area contributed by atoms with Crippen LogP contribution in [-0.4, -0.2) is 37.9 Å². The molecule has 11 heteroatoms. The maximum Gasteiger partial charge on any atom is 0.347 e. The number of hydrogen-bond acceptors (Lipinski definition) is 7. The number of carbonyl (C=O) groups is 2. The summed E-state index contributed by atoms with van der Waals surface area (Å²) in [6.45, 7) is 2.64. The van der Waals surface area contributed by atoms with Crippen molar-refractivity contribution in [3.8, 4) is 0 Å². The maximum atomic E-state index is 12.3. The largest absolute Gasteiger partial charge is 0.386 e. The van der Waals surface area contributed by atoms with Crippen molar-refractivity contribution >= 4 is 32.2 Å². The summed E-state index contributed by atoms with van der Waals surface area (Å²) in [5.74, 6) is -2.83. The fourth-order valence-corrected chi connectivity index (χ4v) is 4.31. The molecule has 0 fully saturated rings. The predicted molar refractivity (Wildman–Crippen MR) is 91.7 cm³/mol. The minimum absolute atomic E-state index is 0.0357. The van der Waals surface area contributed by atoms with E-state index in [1.54, 1.807) is 0 Å². The maximum absolute atomic E-state index is 12.3. The SMILES string of the molecule is Cc1cccc(C(=O)OC(=O)c2cccc(C)c2S(=O)(=O)O)c1S(=O)(=O)O. The highest BCUT2D eigenvalue weighted by atomic mass is 32.2. The van der Waals surface area contributed by atoms with Gasteiger partial charge in [-0.25, -0.2) is 9.59 Å². The zero-order valence-corrected chi connectivity index (χ0v) is 15.7. The van der Waals surface area contributed by atoms with Crippen molar-refractivity contribution in [2.75, 3.05) is 0 Å². The van der Waals surface area contributed by atoms with E-state index >= 15 is 0 Å². The first kappa shape index (κ1) is 20.7. The summed E-state index contributed by atoms with van der Waals surface area (Å²) in [5.41, 5.74) is -1.14. The Hall–Kier alpha value is -2.60. The molecule has 0 amide bonds. The van der Waals surface area contributed by atoms with Crippen LogP contribution >= 0.6 is 0 Å². The van der Waals surface area contributed by atoms with E-state index in [2.05, 4.69) is 4.74 Å². The first-order valence-corrected chi connectivity index (χ1v) is 10.1. The van der Waals surface area contributed by atoms with Crippen LogP contribution < -0.4 is 0 Å². The van der Waals surface area contributed by atoms with Crippen LogP contribution in [0, 0.1) is 13.8 Å². The lowest BCUT2D eigenvalue weighted by atomic mass is 10.1. The van der Waals surface area contributed by atoms with Gasteiger partial charge in [0.2, 0.25) is 0 Å². The van der Waals surface area contributed by atoms with Gasteiger partial charge in [-0.3, -0.25) is 9.11 Å². The Kier molecular flexibility index (Phi) is 5.52. The lowest BCUT2D eigenvalue weighted by Crippen LogP contribution is -2.19. The first-order chi connectivity index (χ1) is 12.3. The van der Waals surface area contributed by atoms with E-state index in [1.807, 2.05) is 0 Å². The van der Waals surface area contributed by atoms with Gasteiger partial charge in [-0.1, -0.05) is 24.3 Å². The molecule has 27 heavy (non-hydrogen) atoms. The topological polar surface area (TPSA) is 152 Å². The van der Waals surface area contributed by atoms with Crippen molar-refractivity contribution in [3.63, 3.8) is 0 Å². The molecule has 0 radical (unpaired) electrons. The van der Waals surface area contributed by atoms with E-state index in [4.69, 9.17) is 0 Å². The van der Waals surface area contributed by atoms with Crippen LogP contribution in [0.4, 0.5) is 0 Å². The third-order valence-electron chi connectivity index (χ3n) is 3.56. The minimum Gasteiger partial charge on any atom is -0.386 e. The molecule has 0 aromatic heterocycles. The minimum atomic E-state index is -4.80. The van der Waals surface area contributed by atoms with Crippen LogP contribution in [0.2, 0.25) is 0 Å². The van der Waals surface area contributed by atoms with Crippen LogP contribution in [0.25, 0.3) is 0 Å². The number of ether oxygens (including phenoxy) is 1. The molecule has 0 heterocycles. The van der Waals surface area contributed by atoms with E-state index in [1.165, 1.54) is 38.1 Å². The molecular formula is C16H14O9S2. The van der Waals surface area contributed by atoms with Gasteiger partial charge in [0.05, 0.1) is 11.1 Å². The predicted octanol–water partition coefficient (Wildman–Crippen LogP) is 1.79. The molecule has 2 N–H and O–H groups in total. The molecular weight excluding hydrogens is 400 g/mol. The van der Waals surface area contributed by atoms with Crippen LogP contribution in [0.1, 0.15) is 31.8 Å². The number of hydrogen-bond donors (Lipinski definition) is 2. The Labute approximate surface area is 155 Å². The highest BCUT2D eigenvalue weighted by Crippen LogP contribution is 2.24. The van der Waals surface area contributed by atoms with Gasteiger partial charge in [-0.05, 0) is 37.1 Å². The molecule has 144 valence electrons. The van der Waals surface area contributed by atoms with Crippen molar-refractivity contribution in [3.05, 3.63) is 58.7 Å². The van der Waals surface area contributed by atoms with E-state index in [0.717, 1.165) is 12.1 Å². The van der Waals surface area contributed by atoms with Crippen molar-refractivity contribution in [1.29, 1.82) is 0 Å². The number of esters is 2. The molecule has 0 unspecified atom stereocenters. The van der Waals surface area contributed by atoms with Crippen molar-refractivity contribution in [2.45, 2.75) is 23.6 Å². The highest BCUT2D eigenvalue weighted by molar-refractivity contribution is 7.86. The quantitative estimate of drug-likeness (QED) is 0.433. The van der Waals surface area contributed by atoms with Crippen molar-refractivity contribution < 1.29 is 40.3 Å². The summed E-state index contributed by atoms with van der Waals surface area (Å²) in [6, 6.07) is 7.29. The molecule has 2 aromatic carbocycles. The second kappa shape index (κ2) is 7.19. The van der Waals surface area contributed by atoms with Gasteiger partial charge < -0.3 is 4.74 Å². The normalized spacial score (nSPS) is 11.9. The first-order valence-electron chi connectivity index (χ1n) is 7.24. The Morgan fingerprint density at radius 3 is 1.37 bits per heavy atom.